The lowest BCUT2D eigenvalue weighted by molar-refractivity contribution is -0.459. The third-order valence-electron chi connectivity index (χ3n) is 14.4. The van der Waals surface area contributed by atoms with Gasteiger partial charge in [-0.15, -0.1) is 0 Å². The van der Waals surface area contributed by atoms with Crippen molar-refractivity contribution in [3.8, 4) is 0 Å². The molecular weight excluding hydrogens is 1000 g/mol. The highest BCUT2D eigenvalue weighted by Gasteiger charge is 2.45. The zero-order chi connectivity index (χ0) is 56.3. The number of hydrogen-bond donors (Lipinski definition) is 12. The number of benzene rings is 2. The molecule has 0 spiro atoms. The zero-order valence-corrected chi connectivity index (χ0v) is 44.5. The van der Waals surface area contributed by atoms with Crippen LogP contribution in [-0.4, -0.2) is 154 Å². The Bertz CT molecular complexity index is 2660. The first kappa shape index (κ1) is 59.2. The fourth-order valence-corrected chi connectivity index (χ4v) is 10.3. The molecule has 2 aromatic carbocycles. The molecule has 3 fully saturated rings. The van der Waals surface area contributed by atoms with Gasteiger partial charge in [0, 0.05) is 56.5 Å². The van der Waals surface area contributed by atoms with Gasteiger partial charge >= 0.3 is 5.96 Å². The van der Waals surface area contributed by atoms with Gasteiger partial charge in [0.05, 0.1) is 13.0 Å². The molecule has 0 bridgehead atoms. The van der Waals surface area contributed by atoms with Crippen LogP contribution in [0.5, 0.6) is 0 Å². The number of rotatable bonds is 15. The van der Waals surface area contributed by atoms with Gasteiger partial charge in [0.1, 0.15) is 48.3 Å². The first-order valence-electron chi connectivity index (χ1n) is 27.1. The minimum Gasteiger partial charge on any atom is -0.368 e. The predicted octanol–water partition coefficient (Wildman–Crippen LogP) is -2.64. The van der Waals surface area contributed by atoms with Crippen LogP contribution in [0.4, 0.5) is 0 Å². The van der Waals surface area contributed by atoms with Crippen molar-refractivity contribution < 1.29 is 52.9 Å². The fraction of sp³-hybridized carbons (Fsp3) is 0.537. The molecule has 3 aliphatic rings. The molecule has 24 heteroatoms. The van der Waals surface area contributed by atoms with Crippen molar-refractivity contribution in [1.29, 1.82) is 0 Å². The average molecular weight is 1080 g/mol. The smallest absolute Gasteiger partial charge is 0.338 e. The molecule has 3 aliphatic heterocycles. The summed E-state index contributed by atoms with van der Waals surface area (Å²) in [7, 11) is 0. The van der Waals surface area contributed by atoms with E-state index in [1.165, 1.54) is 16.7 Å². The molecular formula is C54H77N14O10+. The zero-order valence-electron chi connectivity index (χ0n) is 44.5. The summed E-state index contributed by atoms with van der Waals surface area (Å²) in [5.74, 6) is -6.78. The Hall–Kier alpha value is -8.05. The number of aromatic nitrogens is 1. The van der Waals surface area contributed by atoms with E-state index in [0.29, 0.717) is 36.8 Å². The van der Waals surface area contributed by atoms with Gasteiger partial charge in [-0.05, 0) is 81.4 Å². The van der Waals surface area contributed by atoms with Crippen LogP contribution in [0.2, 0.25) is 0 Å². The van der Waals surface area contributed by atoms with Crippen LogP contribution in [0, 0.1) is 0 Å². The first-order chi connectivity index (χ1) is 37.4. The third-order valence-corrected chi connectivity index (χ3v) is 14.4. The molecule has 3 aromatic rings. The lowest BCUT2D eigenvalue weighted by atomic mass is 10.0. The minimum absolute atomic E-state index is 0.00647. The van der Waals surface area contributed by atoms with Crippen molar-refractivity contribution in [3.63, 3.8) is 0 Å². The fourth-order valence-electron chi connectivity index (χ4n) is 10.3. The summed E-state index contributed by atoms with van der Waals surface area (Å²) >= 11 is 0. The van der Waals surface area contributed by atoms with Crippen molar-refractivity contribution in [2.45, 2.75) is 158 Å². The van der Waals surface area contributed by atoms with Crippen LogP contribution in [0.25, 0.3) is 10.9 Å². The predicted molar refractivity (Wildman–Crippen MR) is 288 cm³/mol. The Morgan fingerprint density at radius 3 is 2.06 bits per heavy atom. The largest absolute Gasteiger partial charge is 0.368 e. The summed E-state index contributed by atoms with van der Waals surface area (Å²) < 4.78 is 0. The number of carbonyl (C=O) groups excluding carboxylic acids is 10. The van der Waals surface area contributed by atoms with Gasteiger partial charge in [0.2, 0.25) is 59.1 Å². The standard InChI is InChI=1S/C54H76N14O10/c1-3-4-18-38(61-32(2)69)47(72)66-42-30-45(70)58-24-11-10-20-37(46(55)71)62-50(75)41(29-34-31-60-36-19-9-8-17-35(34)36)64-48(73)39(21-12-25-59-54(56)57)63-49(74)40(28-33-15-6-5-7-16-33)65-51(76)43-22-13-26-67(43)53(78)44-23-14-27-68(44)52(42)77/h5-9,15-17,19,31,37-44,60H,3-4,10-14,18,20-30H2,1-2H3,(H2,55,71)(H,58,70)(H,61,69)(H,62,75)(H,63,74)(H,64,73)(H,65,76)(H,66,72)(H4,56,57,59)/p+1/t37-,38-,39-,40+,41-,42-,43-,44-/m0/s1. The van der Waals surface area contributed by atoms with Gasteiger partial charge in [-0.3, -0.25) is 64.4 Å². The average Bonchev–Trinajstić information content (AvgIpc) is 4.23. The number of amides is 10. The summed E-state index contributed by atoms with van der Waals surface area (Å²) in [4.78, 5) is 149. The molecule has 15 N–H and O–H groups in total. The van der Waals surface area contributed by atoms with Crippen molar-refractivity contribution in [2.24, 2.45) is 17.2 Å². The van der Waals surface area contributed by atoms with Crippen LogP contribution in [0.1, 0.15) is 108 Å². The van der Waals surface area contributed by atoms with E-state index in [1.54, 1.807) is 36.5 Å². The molecule has 3 saturated heterocycles. The molecule has 6 rings (SSSR count). The second-order valence-electron chi connectivity index (χ2n) is 20.3. The van der Waals surface area contributed by atoms with Crippen LogP contribution in [0.3, 0.4) is 0 Å². The number of primary amides is 1. The Morgan fingerprint density at radius 1 is 0.718 bits per heavy atom. The van der Waals surface area contributed by atoms with Crippen LogP contribution in [0.15, 0.2) is 60.8 Å². The number of nitrogens with zero attached hydrogens (tertiary/aromatic N) is 2. The number of nitrogens with one attached hydrogen (secondary N) is 9. The maximum Gasteiger partial charge on any atom is 0.338 e. The number of hydrogen-bond acceptors (Lipinski definition) is 10. The summed E-state index contributed by atoms with van der Waals surface area (Å²) in [5.41, 5.74) is 19.3. The second-order valence-corrected chi connectivity index (χ2v) is 20.3. The Morgan fingerprint density at radius 2 is 1.36 bits per heavy atom. The lowest BCUT2D eigenvalue weighted by Gasteiger charge is -2.33. The molecule has 1 aromatic heterocycles. The Labute approximate surface area is 453 Å². The van der Waals surface area contributed by atoms with E-state index in [9.17, 15) is 47.9 Å². The van der Waals surface area contributed by atoms with E-state index >= 15 is 0 Å². The van der Waals surface area contributed by atoms with E-state index in [1.807, 2.05) is 31.2 Å². The van der Waals surface area contributed by atoms with Crippen LogP contribution in [-0.2, 0) is 60.8 Å². The molecule has 0 aliphatic carbocycles. The lowest BCUT2D eigenvalue weighted by Crippen LogP contribution is -2.78. The number of nitrogens with two attached hydrogens (primary N) is 3. The van der Waals surface area contributed by atoms with Gasteiger partial charge in [0.15, 0.2) is 0 Å². The van der Waals surface area contributed by atoms with E-state index < -0.39 is 114 Å². The van der Waals surface area contributed by atoms with Gasteiger partial charge < -0.3 is 57.7 Å². The highest BCUT2D eigenvalue weighted by molar-refractivity contribution is 5.99. The van der Waals surface area contributed by atoms with Crippen molar-refractivity contribution in [1.82, 2.24) is 52.0 Å². The van der Waals surface area contributed by atoms with Gasteiger partial charge in [0.25, 0.3) is 0 Å². The summed E-state index contributed by atoms with van der Waals surface area (Å²) in [6.45, 7) is 3.73. The van der Waals surface area contributed by atoms with Crippen molar-refractivity contribution >= 4 is 75.9 Å². The topological polar surface area (TPSA) is 369 Å². The summed E-state index contributed by atoms with van der Waals surface area (Å²) in [5, 5.41) is 20.1. The van der Waals surface area contributed by atoms with Crippen LogP contribution < -0.4 is 59.4 Å². The summed E-state index contributed by atoms with van der Waals surface area (Å²) in [6, 6.07) is 6.52. The molecule has 8 atom stereocenters. The maximum absolute atomic E-state index is 14.7. The van der Waals surface area contributed by atoms with E-state index in [2.05, 4.69) is 47.2 Å². The number of H-pyrrole nitrogens is 1. The third kappa shape index (κ3) is 16.7. The minimum atomic E-state index is -1.46. The second kappa shape index (κ2) is 28.9. The molecule has 0 unspecified atom stereocenters. The highest BCUT2D eigenvalue weighted by atomic mass is 16.2. The molecule has 78 heavy (non-hydrogen) atoms. The molecule has 0 radical (unpaired) electrons. The number of fused-ring (bicyclic) bond motifs is 3. The molecule has 10 amide bonds. The molecule has 0 saturated carbocycles. The maximum atomic E-state index is 14.7. The molecule has 422 valence electrons. The Kier molecular flexibility index (Phi) is 21.9. The number of aromatic amines is 1. The van der Waals surface area contributed by atoms with Gasteiger partial charge in [-0.2, -0.15) is 0 Å². The van der Waals surface area contributed by atoms with Gasteiger partial charge in [-0.1, -0.05) is 68.3 Å². The number of guanidine groups is 1. The number of carbonyl (C=O) groups is 10. The first-order valence-corrected chi connectivity index (χ1v) is 27.1. The van der Waals surface area contributed by atoms with E-state index in [4.69, 9.17) is 17.2 Å². The monoisotopic (exact) mass is 1080 g/mol. The number of unbranched alkanes of at least 4 members (excludes halogenated alkanes) is 1. The number of para-hydroxylation sites is 1. The van der Waals surface area contributed by atoms with E-state index in [0.717, 1.165) is 10.9 Å². The molecule has 4 heterocycles. The van der Waals surface area contributed by atoms with Crippen molar-refractivity contribution in [2.75, 3.05) is 26.2 Å². The summed E-state index contributed by atoms with van der Waals surface area (Å²) in [6.07, 6.45) is 4.80. The quantitative estimate of drug-likeness (QED) is 0.0423. The van der Waals surface area contributed by atoms with Gasteiger partial charge in [-0.25, -0.2) is 0 Å². The van der Waals surface area contributed by atoms with Crippen LogP contribution >= 0.6 is 0 Å². The highest BCUT2D eigenvalue weighted by Crippen LogP contribution is 2.27. The normalized spacial score (nSPS) is 23.9. The Balaban J connectivity index is 1.35. The van der Waals surface area contributed by atoms with Crippen molar-refractivity contribution in [3.05, 3.63) is 71.9 Å². The molecule has 24 nitrogen and oxygen atoms in total. The SMILES string of the molecule is CCCC[C@H](NC(C)=O)C(=O)N[C@H]1CC(=O)NCCCC[C@@H](C(N)=O)NC(=O)[C@H](Cc2c[nH]c3ccccc23)NC(=O)[C@H](CCC[NH+]=C(N)N)NC(=O)[C@@H](Cc2ccccc2)NC(=O)[C@@H]2CCCN2C(=O)[C@@H]2CCCN2C1=O. The van der Waals surface area contributed by atoms with E-state index in [-0.39, 0.29) is 96.3 Å².